The fourth-order valence-electron chi connectivity index (χ4n) is 8.92. The van der Waals surface area contributed by atoms with E-state index in [0.717, 1.165) is 135 Å². The number of carbonyl (C=O) groups is 2. The third-order valence-corrected chi connectivity index (χ3v) is 15.0. The van der Waals surface area contributed by atoms with Crippen LogP contribution in [0.4, 0.5) is 0 Å². The van der Waals surface area contributed by atoms with Crippen molar-refractivity contribution in [1.82, 2.24) is 5.32 Å². The molecule has 0 spiro atoms. The molecule has 474 valence electrons. The van der Waals surface area contributed by atoms with Crippen molar-refractivity contribution >= 4 is 19.7 Å². The number of hydrogen-bond acceptors (Lipinski definition) is 7. The highest BCUT2D eigenvalue weighted by molar-refractivity contribution is 7.45. The smallest absolute Gasteiger partial charge is 0.306 e. The summed E-state index contributed by atoms with van der Waals surface area (Å²) in [6, 6.07) is -0.916. The lowest BCUT2D eigenvalue weighted by Gasteiger charge is -2.30. The Morgan fingerprint density at radius 3 is 1.18 bits per heavy atom. The second kappa shape index (κ2) is 61.2. The molecule has 0 aliphatic heterocycles. The molecule has 1 amide bonds. The van der Waals surface area contributed by atoms with Gasteiger partial charge in [0.15, 0.2) is 0 Å². The number of quaternary nitrogens is 1. The SMILES string of the molecule is CC/C=C\C/C=C\C/C=C\C/C=C\C/C=C\C/C=C\CCCCCCC(=O)OC(/C=C/CCCCCCCCCCC)C(COP(=O)([O-])OCC[N+](C)(C)C)NC(=O)CCCCCCCCC/C=C\C/C=C\C/C=C\C/C=C\CCCCC. The average Bonchev–Trinajstić information content (AvgIpc) is 3.51. The fraction of sp³-hybridized carbons (Fsp3) is 0.671. The predicted octanol–water partition coefficient (Wildman–Crippen LogP) is 20.6. The number of allylic oxidation sites excluding steroid dienone is 21. The zero-order chi connectivity index (χ0) is 60.7. The number of nitrogens with one attached hydrogen (secondary N) is 1. The van der Waals surface area contributed by atoms with E-state index in [1.54, 1.807) is 0 Å². The Morgan fingerprint density at radius 2 is 0.771 bits per heavy atom. The van der Waals surface area contributed by atoms with Crippen molar-refractivity contribution in [3.63, 3.8) is 0 Å². The summed E-state index contributed by atoms with van der Waals surface area (Å²) in [5, 5.41) is 3.02. The third kappa shape index (κ3) is 62.5. The minimum absolute atomic E-state index is 0.0366. The molecule has 0 saturated carbocycles. The molecular weight excluding hydrogens is 1050 g/mol. The van der Waals surface area contributed by atoms with Gasteiger partial charge in [-0.25, -0.2) is 0 Å². The summed E-state index contributed by atoms with van der Waals surface area (Å²) in [4.78, 5) is 40.1. The largest absolute Gasteiger partial charge is 0.756 e. The summed E-state index contributed by atoms with van der Waals surface area (Å²) in [6.07, 6.45) is 87.1. The molecule has 3 atom stereocenters. The zero-order valence-electron chi connectivity index (χ0n) is 54.1. The van der Waals surface area contributed by atoms with Crippen molar-refractivity contribution in [2.75, 3.05) is 40.9 Å². The first-order valence-corrected chi connectivity index (χ1v) is 35.0. The Hall–Kier alpha value is -3.85. The number of carbonyl (C=O) groups excluding carboxylic acids is 2. The van der Waals surface area contributed by atoms with E-state index >= 15 is 0 Å². The minimum atomic E-state index is -4.72. The van der Waals surface area contributed by atoms with Crippen LogP contribution in [0.3, 0.4) is 0 Å². The maximum atomic E-state index is 13.6. The molecular formula is C73H125N2O7P. The van der Waals surface area contributed by atoms with Gasteiger partial charge in [0.1, 0.15) is 19.3 Å². The number of amides is 1. The lowest BCUT2D eigenvalue weighted by Crippen LogP contribution is -2.47. The molecule has 0 rings (SSSR count). The summed E-state index contributed by atoms with van der Waals surface area (Å²) in [7, 11) is 1.14. The lowest BCUT2D eigenvalue weighted by atomic mass is 10.1. The lowest BCUT2D eigenvalue weighted by molar-refractivity contribution is -0.870. The number of phosphoric acid groups is 1. The van der Waals surface area contributed by atoms with Crippen LogP contribution < -0.4 is 10.2 Å². The summed E-state index contributed by atoms with van der Waals surface area (Å²) in [6.45, 7) is 6.66. The highest BCUT2D eigenvalue weighted by atomic mass is 31.2. The van der Waals surface area contributed by atoms with Gasteiger partial charge in [0, 0.05) is 12.8 Å². The van der Waals surface area contributed by atoms with E-state index < -0.39 is 26.6 Å². The van der Waals surface area contributed by atoms with Crippen molar-refractivity contribution in [3.8, 4) is 0 Å². The quantitative estimate of drug-likeness (QED) is 0.0212. The van der Waals surface area contributed by atoms with E-state index in [4.69, 9.17) is 13.8 Å². The Kier molecular flexibility index (Phi) is 58.4. The number of ether oxygens (including phenoxy) is 1. The van der Waals surface area contributed by atoms with Gasteiger partial charge in [-0.2, -0.15) is 0 Å². The molecule has 0 aromatic heterocycles. The second-order valence-electron chi connectivity index (χ2n) is 23.2. The molecule has 0 radical (unpaired) electrons. The van der Waals surface area contributed by atoms with Crippen LogP contribution in [0.1, 0.15) is 265 Å². The molecule has 0 aliphatic rings. The van der Waals surface area contributed by atoms with E-state index in [2.05, 4.69) is 148 Å². The van der Waals surface area contributed by atoms with Crippen molar-refractivity contribution in [2.45, 2.75) is 277 Å². The maximum absolute atomic E-state index is 13.6. The van der Waals surface area contributed by atoms with Crippen LogP contribution >= 0.6 is 7.82 Å². The van der Waals surface area contributed by atoms with Crippen LogP contribution in [0.5, 0.6) is 0 Å². The van der Waals surface area contributed by atoms with Crippen LogP contribution in [0.15, 0.2) is 134 Å². The second-order valence-corrected chi connectivity index (χ2v) is 24.6. The number of likely N-dealkylation sites (N-methyl/N-ethyl adjacent to an activating group) is 1. The standard InChI is InChI=1S/C73H125N2O7P/c1-7-10-13-16-19-22-25-27-29-31-33-35-37-39-41-43-45-47-50-53-56-59-62-65-72(76)74-70(69-81-83(78,79)80-68-67-75(4,5)6)71(64-61-58-55-52-49-24-21-18-15-12-9-3)82-73(77)66-63-60-57-54-51-48-46-44-42-40-38-36-34-32-30-28-26-23-20-17-14-11-8-2/h11,14,19-20,22-23,27-30,33-36,39-42,46,48,61,64,70-71H,7-10,12-13,15-18,21,24-26,31-32,37-38,43-45,47,49-60,62-63,65-69H2,1-6H3,(H-,74,76,78,79)/b14-11-,22-19-,23-20-,29-27-,30-28-,35-33-,36-34-,41-39-,42-40-,48-46-,64-61+. The first-order chi connectivity index (χ1) is 40.4. The van der Waals surface area contributed by atoms with Crippen LogP contribution in [0, 0.1) is 0 Å². The van der Waals surface area contributed by atoms with E-state index in [9.17, 15) is 19.0 Å². The third-order valence-electron chi connectivity index (χ3n) is 14.1. The molecule has 0 saturated heterocycles. The first kappa shape index (κ1) is 79.2. The van der Waals surface area contributed by atoms with Gasteiger partial charge in [-0.15, -0.1) is 0 Å². The number of rotatable bonds is 59. The van der Waals surface area contributed by atoms with Gasteiger partial charge >= 0.3 is 5.97 Å². The number of nitrogens with zero attached hydrogens (tertiary/aromatic N) is 1. The van der Waals surface area contributed by atoms with Crippen molar-refractivity contribution < 1.29 is 37.3 Å². The molecule has 9 nitrogen and oxygen atoms in total. The summed E-state index contributed by atoms with van der Waals surface area (Å²) < 4.78 is 30.3. The van der Waals surface area contributed by atoms with Gasteiger partial charge in [0.2, 0.25) is 5.91 Å². The molecule has 0 aromatic carbocycles. The minimum Gasteiger partial charge on any atom is -0.756 e. The molecule has 0 aromatic rings. The van der Waals surface area contributed by atoms with Gasteiger partial charge < -0.3 is 28.5 Å². The fourth-order valence-corrected chi connectivity index (χ4v) is 9.64. The molecule has 1 N–H and O–H groups in total. The van der Waals surface area contributed by atoms with Crippen molar-refractivity contribution in [1.29, 1.82) is 0 Å². The van der Waals surface area contributed by atoms with Crippen LogP contribution in [-0.2, 0) is 27.9 Å². The summed E-state index contributed by atoms with van der Waals surface area (Å²) in [5.74, 6) is -0.591. The van der Waals surface area contributed by atoms with Crippen molar-refractivity contribution in [2.24, 2.45) is 0 Å². The number of phosphoric ester groups is 1. The summed E-state index contributed by atoms with van der Waals surface area (Å²) in [5.41, 5.74) is 0. The average molecular weight is 1170 g/mol. The topological polar surface area (TPSA) is 114 Å². The molecule has 0 bridgehead atoms. The van der Waals surface area contributed by atoms with Gasteiger partial charge in [-0.1, -0.05) is 258 Å². The number of hydrogen-bond donors (Lipinski definition) is 1. The molecule has 3 unspecified atom stereocenters. The molecule has 0 fully saturated rings. The Morgan fingerprint density at radius 1 is 0.434 bits per heavy atom. The Labute approximate surface area is 511 Å². The molecule has 0 heterocycles. The molecule has 0 aliphatic carbocycles. The van der Waals surface area contributed by atoms with E-state index in [1.807, 2.05) is 33.3 Å². The molecule has 10 heteroatoms. The molecule has 83 heavy (non-hydrogen) atoms. The van der Waals surface area contributed by atoms with Gasteiger partial charge in [-0.3, -0.25) is 14.2 Å². The zero-order valence-corrected chi connectivity index (χ0v) is 55.0. The monoisotopic (exact) mass is 1170 g/mol. The van der Waals surface area contributed by atoms with Gasteiger partial charge in [0.25, 0.3) is 7.82 Å². The highest BCUT2D eigenvalue weighted by Gasteiger charge is 2.27. The highest BCUT2D eigenvalue weighted by Crippen LogP contribution is 2.38. The van der Waals surface area contributed by atoms with Crippen LogP contribution in [-0.4, -0.2) is 69.4 Å². The normalized spacial score (nSPS) is 14.4. The number of esters is 1. The first-order valence-electron chi connectivity index (χ1n) is 33.5. The Bertz CT molecular complexity index is 1880. The summed E-state index contributed by atoms with van der Waals surface area (Å²) >= 11 is 0. The maximum Gasteiger partial charge on any atom is 0.306 e. The van der Waals surface area contributed by atoms with E-state index in [0.29, 0.717) is 23.9 Å². The van der Waals surface area contributed by atoms with E-state index in [1.165, 1.54) is 89.9 Å². The van der Waals surface area contributed by atoms with Crippen LogP contribution in [0.2, 0.25) is 0 Å². The number of unbranched alkanes of at least 4 members (excludes halogenated alkanes) is 23. The Balaban J connectivity index is 5.22. The predicted molar refractivity (Wildman–Crippen MR) is 357 cm³/mol. The van der Waals surface area contributed by atoms with Crippen LogP contribution in [0.25, 0.3) is 0 Å². The van der Waals surface area contributed by atoms with Gasteiger partial charge in [0.05, 0.1) is 33.8 Å². The van der Waals surface area contributed by atoms with E-state index in [-0.39, 0.29) is 24.9 Å². The van der Waals surface area contributed by atoms with Crippen molar-refractivity contribution in [3.05, 3.63) is 134 Å². The van der Waals surface area contributed by atoms with Gasteiger partial charge in [-0.05, 0) is 128 Å².